The fourth-order valence-corrected chi connectivity index (χ4v) is 5.23. The quantitative estimate of drug-likeness (QED) is 0.578. The minimum Gasteiger partial charge on any atom is -0.442 e. The van der Waals surface area contributed by atoms with Crippen LogP contribution in [0.2, 0.25) is 0 Å². The SMILES string of the molecule is CNS1(O)CCCN(c2ccc(N3C[C@H](CNC(=S)C(F)F)OC3=O)cc2)CC1. The number of benzene rings is 1. The second-order valence-corrected chi connectivity index (χ2v) is 10.3. The molecule has 2 fully saturated rings. The van der Waals surface area contributed by atoms with Crippen LogP contribution in [0.3, 0.4) is 0 Å². The van der Waals surface area contributed by atoms with E-state index in [1.54, 1.807) is 7.05 Å². The molecule has 2 atom stereocenters. The van der Waals surface area contributed by atoms with Crippen molar-refractivity contribution in [2.45, 2.75) is 19.0 Å². The third-order valence-electron chi connectivity index (χ3n) is 5.09. The highest BCUT2D eigenvalue weighted by Crippen LogP contribution is 2.40. The maximum atomic E-state index is 12.5. The van der Waals surface area contributed by atoms with E-state index in [1.165, 1.54) is 4.90 Å². The third kappa shape index (κ3) is 5.47. The van der Waals surface area contributed by atoms with Gasteiger partial charge in [0, 0.05) is 36.0 Å². The number of ether oxygens (including phenoxy) is 1. The zero-order chi connectivity index (χ0) is 21.0. The van der Waals surface area contributed by atoms with Crippen LogP contribution >= 0.6 is 22.7 Å². The summed E-state index contributed by atoms with van der Waals surface area (Å²) >= 11 is 4.53. The number of amides is 1. The first kappa shape index (κ1) is 22.0. The van der Waals surface area contributed by atoms with Gasteiger partial charge in [-0.1, -0.05) is 22.7 Å². The van der Waals surface area contributed by atoms with Gasteiger partial charge in [-0.05, 0) is 37.7 Å². The molecular formula is C18H26F2N4O3S2. The number of rotatable bonds is 6. The Morgan fingerprint density at radius 3 is 2.66 bits per heavy atom. The number of hydrogen-bond acceptors (Lipinski definition) is 6. The minimum absolute atomic E-state index is 0.0496. The Bertz CT molecular complexity index is 740. The Hall–Kier alpha value is -1.69. The molecule has 2 aliphatic rings. The van der Waals surface area contributed by atoms with Crippen molar-refractivity contribution in [1.29, 1.82) is 0 Å². The van der Waals surface area contributed by atoms with Crippen molar-refractivity contribution in [2.75, 3.05) is 54.5 Å². The lowest BCUT2D eigenvalue weighted by Gasteiger charge is -2.32. The number of carbonyl (C=O) groups is 1. The molecule has 3 rings (SSSR count). The average molecular weight is 449 g/mol. The first-order valence-electron chi connectivity index (χ1n) is 9.40. The summed E-state index contributed by atoms with van der Waals surface area (Å²) < 4.78 is 43.7. The van der Waals surface area contributed by atoms with Gasteiger partial charge in [0.05, 0.1) is 13.1 Å². The molecule has 2 aliphatic heterocycles. The number of nitrogens with zero attached hydrogens (tertiary/aromatic N) is 2. The molecular weight excluding hydrogens is 422 g/mol. The topological polar surface area (TPSA) is 77.1 Å². The lowest BCUT2D eigenvalue weighted by atomic mass is 10.2. The first-order chi connectivity index (χ1) is 13.8. The number of cyclic esters (lactones) is 1. The Labute approximate surface area is 176 Å². The monoisotopic (exact) mass is 448 g/mol. The molecule has 1 aromatic rings. The Morgan fingerprint density at radius 2 is 2.00 bits per heavy atom. The standard InChI is InChI=1S/C18H26F2N4O3S2/c1-21-29(26)9-2-7-23(8-10-29)13-3-5-14(6-4-13)24-12-15(27-18(24)25)11-22-17(28)16(19)20/h3-6,15-16,21,26H,2,7-12H2,1H3,(H,22,28)/t15-/m0/s1. The summed E-state index contributed by atoms with van der Waals surface area (Å²) in [7, 11) is 0.0739. The van der Waals surface area contributed by atoms with Crippen LogP contribution in [0.1, 0.15) is 6.42 Å². The predicted molar refractivity (Wildman–Crippen MR) is 117 cm³/mol. The van der Waals surface area contributed by atoms with Crippen LogP contribution in [-0.4, -0.2) is 72.9 Å². The van der Waals surface area contributed by atoms with Crippen molar-refractivity contribution in [2.24, 2.45) is 0 Å². The van der Waals surface area contributed by atoms with Crippen molar-refractivity contribution < 1.29 is 22.9 Å². The van der Waals surface area contributed by atoms with Gasteiger partial charge in [0.15, 0.2) is 0 Å². The van der Waals surface area contributed by atoms with Crippen LogP contribution in [0.15, 0.2) is 24.3 Å². The number of hydrogen-bond donors (Lipinski definition) is 3. The van der Waals surface area contributed by atoms with Gasteiger partial charge in [0.25, 0.3) is 6.43 Å². The summed E-state index contributed by atoms with van der Waals surface area (Å²) in [6.45, 7) is 1.93. The second kappa shape index (κ2) is 9.41. The fraction of sp³-hybridized carbons (Fsp3) is 0.556. The van der Waals surface area contributed by atoms with Gasteiger partial charge in [-0.25, -0.2) is 13.6 Å². The van der Waals surface area contributed by atoms with Gasteiger partial charge >= 0.3 is 6.09 Å². The Morgan fingerprint density at radius 1 is 1.31 bits per heavy atom. The number of carbonyl (C=O) groups excluding carboxylic acids is 1. The van der Waals surface area contributed by atoms with Crippen molar-refractivity contribution in [1.82, 2.24) is 10.0 Å². The van der Waals surface area contributed by atoms with Crippen molar-refractivity contribution in [3.63, 3.8) is 0 Å². The number of anilines is 2. The highest BCUT2D eigenvalue weighted by molar-refractivity contribution is 8.27. The molecule has 29 heavy (non-hydrogen) atoms. The van der Waals surface area contributed by atoms with Crippen molar-refractivity contribution >= 4 is 45.2 Å². The molecule has 0 bridgehead atoms. The highest BCUT2D eigenvalue weighted by atomic mass is 32.3. The third-order valence-corrected chi connectivity index (χ3v) is 8.00. The smallest absolute Gasteiger partial charge is 0.414 e. The number of nitrogens with one attached hydrogen (secondary N) is 2. The summed E-state index contributed by atoms with van der Waals surface area (Å²) in [5.41, 5.74) is 1.71. The zero-order valence-corrected chi connectivity index (χ0v) is 17.8. The van der Waals surface area contributed by atoms with Crippen LogP contribution in [0.25, 0.3) is 0 Å². The Kier molecular flexibility index (Phi) is 7.14. The minimum atomic E-state index is -2.73. The van der Waals surface area contributed by atoms with Gasteiger partial charge in [0.2, 0.25) is 0 Å². The van der Waals surface area contributed by atoms with E-state index in [4.69, 9.17) is 4.74 Å². The number of halogens is 2. The number of thiocarbonyl (C=S) groups is 1. The molecule has 1 amide bonds. The normalized spacial score (nSPS) is 27.3. The van der Waals surface area contributed by atoms with Gasteiger partial charge < -0.3 is 19.5 Å². The summed E-state index contributed by atoms with van der Waals surface area (Å²) in [6, 6.07) is 7.58. The second-order valence-electron chi connectivity index (χ2n) is 6.97. The zero-order valence-electron chi connectivity index (χ0n) is 16.1. The summed E-state index contributed by atoms with van der Waals surface area (Å²) in [4.78, 5) is 15.3. The van der Waals surface area contributed by atoms with E-state index in [1.807, 2.05) is 24.3 Å². The molecule has 1 unspecified atom stereocenters. The van der Waals surface area contributed by atoms with Gasteiger partial charge in [-0.2, -0.15) is 0 Å². The molecule has 7 nitrogen and oxygen atoms in total. The summed E-state index contributed by atoms with van der Waals surface area (Å²) in [5.74, 6) is 1.49. The van der Waals surface area contributed by atoms with E-state index in [0.29, 0.717) is 11.4 Å². The van der Waals surface area contributed by atoms with Gasteiger partial charge in [0.1, 0.15) is 11.1 Å². The number of alkyl halides is 2. The molecule has 1 aromatic carbocycles. The average Bonchev–Trinajstić information content (AvgIpc) is 2.97. The summed E-state index contributed by atoms with van der Waals surface area (Å²) in [6.07, 6.45) is -2.88. The first-order valence-corrected chi connectivity index (χ1v) is 11.7. The van der Waals surface area contributed by atoms with E-state index >= 15 is 0 Å². The maximum Gasteiger partial charge on any atom is 0.414 e. The van der Waals surface area contributed by atoms with Crippen LogP contribution < -0.4 is 19.8 Å². The molecule has 0 saturated carbocycles. The van der Waals surface area contributed by atoms with Crippen LogP contribution in [-0.2, 0) is 4.74 Å². The molecule has 162 valence electrons. The predicted octanol–water partition coefficient (Wildman–Crippen LogP) is 2.82. The van der Waals surface area contributed by atoms with Crippen LogP contribution in [0.5, 0.6) is 0 Å². The lowest BCUT2D eigenvalue weighted by molar-refractivity contribution is 0.142. The molecule has 3 N–H and O–H groups in total. The highest BCUT2D eigenvalue weighted by Gasteiger charge is 2.33. The van der Waals surface area contributed by atoms with E-state index < -0.39 is 34.1 Å². The molecule has 0 spiro atoms. The van der Waals surface area contributed by atoms with E-state index in [0.717, 1.165) is 31.0 Å². The van der Waals surface area contributed by atoms with Crippen LogP contribution in [0, 0.1) is 0 Å². The van der Waals surface area contributed by atoms with E-state index in [-0.39, 0.29) is 13.1 Å². The fourth-order valence-electron chi connectivity index (χ4n) is 3.41. The Balaban J connectivity index is 1.58. The molecule has 2 heterocycles. The van der Waals surface area contributed by atoms with Crippen LogP contribution in [0.4, 0.5) is 25.0 Å². The molecule has 0 aromatic heterocycles. The summed E-state index contributed by atoms with van der Waals surface area (Å²) in [5, 5.41) is 2.43. The lowest BCUT2D eigenvalue weighted by Crippen LogP contribution is -2.36. The largest absolute Gasteiger partial charge is 0.442 e. The van der Waals surface area contributed by atoms with Crippen molar-refractivity contribution in [3.05, 3.63) is 24.3 Å². The molecule has 0 aliphatic carbocycles. The molecule has 2 saturated heterocycles. The van der Waals surface area contributed by atoms with Crippen molar-refractivity contribution in [3.8, 4) is 0 Å². The molecule has 0 radical (unpaired) electrons. The van der Waals surface area contributed by atoms with E-state index in [9.17, 15) is 18.1 Å². The van der Waals surface area contributed by atoms with Gasteiger partial charge in [-0.15, -0.1) is 0 Å². The van der Waals surface area contributed by atoms with Gasteiger partial charge in [-0.3, -0.25) is 9.62 Å². The molecule has 11 heteroatoms. The van der Waals surface area contributed by atoms with E-state index in [2.05, 4.69) is 27.2 Å². The maximum absolute atomic E-state index is 12.5.